The first-order valence-corrected chi connectivity index (χ1v) is 5.21. The van der Waals surface area contributed by atoms with Gasteiger partial charge >= 0.3 is 5.97 Å². The maximum absolute atomic E-state index is 11.9. The van der Waals surface area contributed by atoms with E-state index >= 15 is 0 Å². The number of benzene rings is 1. The summed E-state index contributed by atoms with van der Waals surface area (Å²) in [4.78, 5) is 23.9. The predicted octanol–water partition coefficient (Wildman–Crippen LogP) is -0.143. The Morgan fingerprint density at radius 3 is 2.94 bits per heavy atom. The molecule has 1 unspecified atom stereocenters. The smallest absolute Gasteiger partial charge is 0.323 e. The molecule has 0 radical (unpaired) electrons. The van der Waals surface area contributed by atoms with E-state index in [1.807, 2.05) is 6.07 Å². The summed E-state index contributed by atoms with van der Waals surface area (Å²) in [5.41, 5.74) is 6.94. The molecule has 0 aliphatic carbocycles. The van der Waals surface area contributed by atoms with Crippen molar-refractivity contribution >= 4 is 23.3 Å². The van der Waals surface area contributed by atoms with Gasteiger partial charge in [-0.1, -0.05) is 12.1 Å². The van der Waals surface area contributed by atoms with E-state index in [0.29, 0.717) is 12.2 Å². The first kappa shape index (κ1) is 11.4. The second kappa shape index (κ2) is 4.42. The number of fused-ring (bicyclic) bond motifs is 1. The Labute approximate surface area is 98.0 Å². The van der Waals surface area contributed by atoms with Crippen molar-refractivity contribution in [1.29, 1.82) is 0 Å². The molecule has 90 valence electrons. The predicted molar refractivity (Wildman–Crippen MR) is 62.9 cm³/mol. The van der Waals surface area contributed by atoms with Gasteiger partial charge < -0.3 is 16.2 Å². The van der Waals surface area contributed by atoms with Gasteiger partial charge in [0, 0.05) is 6.54 Å². The zero-order valence-corrected chi connectivity index (χ0v) is 9.09. The van der Waals surface area contributed by atoms with E-state index in [-0.39, 0.29) is 12.5 Å². The van der Waals surface area contributed by atoms with Crippen molar-refractivity contribution in [2.24, 2.45) is 5.73 Å². The number of hydrogen-bond donors (Lipinski definition) is 3. The molecule has 17 heavy (non-hydrogen) atoms. The number of nitrogens with one attached hydrogen (secondary N) is 1. The van der Waals surface area contributed by atoms with Crippen molar-refractivity contribution in [1.82, 2.24) is 0 Å². The van der Waals surface area contributed by atoms with Crippen molar-refractivity contribution in [2.45, 2.75) is 6.04 Å². The van der Waals surface area contributed by atoms with Crippen LogP contribution in [-0.2, 0) is 9.59 Å². The van der Waals surface area contributed by atoms with Crippen molar-refractivity contribution in [3.63, 3.8) is 0 Å². The highest BCUT2D eigenvalue weighted by atomic mass is 16.4. The van der Waals surface area contributed by atoms with E-state index in [9.17, 15) is 9.59 Å². The average molecular weight is 235 g/mol. The number of aliphatic carboxylic acids is 1. The van der Waals surface area contributed by atoms with Gasteiger partial charge in [0.1, 0.15) is 12.6 Å². The number of nitrogens with zero attached hydrogens (tertiary/aromatic N) is 1. The fraction of sp³-hybridized carbons (Fsp3) is 0.273. The highest BCUT2D eigenvalue weighted by molar-refractivity contribution is 6.04. The van der Waals surface area contributed by atoms with Crippen LogP contribution in [0.2, 0.25) is 0 Å². The standard InChI is InChI=1S/C11H13N3O3/c12-7-5-13-8-3-1-2-4-9(8)14(11(7)17)6-10(15)16/h1-4,7,13H,5-6,12H2,(H,15,16). The van der Waals surface area contributed by atoms with Crippen molar-refractivity contribution in [2.75, 3.05) is 23.3 Å². The van der Waals surface area contributed by atoms with Gasteiger partial charge in [-0.05, 0) is 12.1 Å². The number of anilines is 2. The molecule has 1 aliphatic rings. The van der Waals surface area contributed by atoms with Crippen molar-refractivity contribution < 1.29 is 14.7 Å². The maximum Gasteiger partial charge on any atom is 0.323 e. The molecule has 6 nitrogen and oxygen atoms in total. The summed E-state index contributed by atoms with van der Waals surface area (Å²) in [7, 11) is 0. The van der Waals surface area contributed by atoms with Crippen LogP contribution in [0.1, 0.15) is 0 Å². The zero-order chi connectivity index (χ0) is 12.4. The monoisotopic (exact) mass is 235 g/mol. The molecule has 1 aromatic rings. The van der Waals surface area contributed by atoms with E-state index in [1.54, 1.807) is 18.2 Å². The molecule has 6 heteroatoms. The quantitative estimate of drug-likeness (QED) is 0.663. The summed E-state index contributed by atoms with van der Waals surface area (Å²) in [5.74, 6) is -1.45. The number of para-hydroxylation sites is 2. The Balaban J connectivity index is 2.43. The summed E-state index contributed by atoms with van der Waals surface area (Å²) in [5, 5.41) is 11.9. The van der Waals surface area contributed by atoms with Crippen LogP contribution in [0.5, 0.6) is 0 Å². The number of nitrogens with two attached hydrogens (primary N) is 1. The fourth-order valence-electron chi connectivity index (χ4n) is 1.78. The lowest BCUT2D eigenvalue weighted by molar-refractivity contribution is -0.136. The van der Waals surface area contributed by atoms with E-state index in [1.165, 1.54) is 4.90 Å². The topological polar surface area (TPSA) is 95.7 Å². The molecule has 1 aromatic carbocycles. The largest absolute Gasteiger partial charge is 0.480 e. The van der Waals surface area contributed by atoms with Gasteiger partial charge in [-0.2, -0.15) is 0 Å². The second-order valence-corrected chi connectivity index (χ2v) is 3.82. The Hall–Kier alpha value is -2.08. The molecule has 0 fully saturated rings. The van der Waals surface area contributed by atoms with Gasteiger partial charge in [0.05, 0.1) is 11.4 Å². The molecular weight excluding hydrogens is 222 g/mol. The van der Waals surface area contributed by atoms with Crippen LogP contribution in [0.25, 0.3) is 0 Å². The minimum atomic E-state index is -1.07. The highest BCUT2D eigenvalue weighted by Crippen LogP contribution is 2.27. The molecule has 0 bridgehead atoms. The molecule has 1 amide bonds. The number of carboxylic acids is 1. The summed E-state index contributed by atoms with van der Waals surface area (Å²) in [6, 6.07) is 6.31. The lowest BCUT2D eigenvalue weighted by Gasteiger charge is -2.21. The van der Waals surface area contributed by atoms with Crippen LogP contribution in [0.3, 0.4) is 0 Å². The van der Waals surface area contributed by atoms with E-state index in [0.717, 1.165) is 5.69 Å². The zero-order valence-electron chi connectivity index (χ0n) is 9.09. The third-order valence-corrected chi connectivity index (χ3v) is 2.58. The van der Waals surface area contributed by atoms with Crippen molar-refractivity contribution in [3.05, 3.63) is 24.3 Å². The molecule has 0 saturated carbocycles. The minimum absolute atomic E-state index is 0.298. The maximum atomic E-state index is 11.9. The van der Waals surface area contributed by atoms with Crippen LogP contribution < -0.4 is 16.0 Å². The number of rotatable bonds is 2. The number of amides is 1. The lowest BCUT2D eigenvalue weighted by Crippen LogP contribution is -2.47. The van der Waals surface area contributed by atoms with Crippen LogP contribution in [0, 0.1) is 0 Å². The number of carbonyl (C=O) groups is 2. The summed E-state index contributed by atoms with van der Waals surface area (Å²) >= 11 is 0. The minimum Gasteiger partial charge on any atom is -0.480 e. The summed E-state index contributed by atoms with van der Waals surface area (Å²) in [6.07, 6.45) is 0. The van der Waals surface area contributed by atoms with Crippen LogP contribution >= 0.6 is 0 Å². The molecular formula is C11H13N3O3. The lowest BCUT2D eigenvalue weighted by atomic mass is 10.2. The summed E-state index contributed by atoms with van der Waals surface area (Å²) in [6.45, 7) is -0.0861. The molecule has 0 saturated heterocycles. The van der Waals surface area contributed by atoms with E-state index in [4.69, 9.17) is 10.8 Å². The SMILES string of the molecule is NC1CNc2ccccc2N(CC(=O)O)C1=O. The molecule has 1 aliphatic heterocycles. The first-order valence-electron chi connectivity index (χ1n) is 5.21. The molecule has 1 heterocycles. The Kier molecular flexibility index (Phi) is 2.97. The van der Waals surface area contributed by atoms with E-state index < -0.39 is 12.0 Å². The average Bonchev–Trinajstić information content (AvgIpc) is 2.42. The Morgan fingerprint density at radius 2 is 2.24 bits per heavy atom. The van der Waals surface area contributed by atoms with Gasteiger partial charge in [-0.25, -0.2) is 0 Å². The van der Waals surface area contributed by atoms with Crippen LogP contribution in [-0.4, -0.2) is 36.1 Å². The Bertz CT molecular complexity index is 461. The fourth-order valence-corrected chi connectivity index (χ4v) is 1.78. The molecule has 2 rings (SSSR count). The number of hydrogen-bond acceptors (Lipinski definition) is 4. The third kappa shape index (κ3) is 2.21. The molecule has 4 N–H and O–H groups in total. The van der Waals surface area contributed by atoms with Gasteiger partial charge in [0.25, 0.3) is 0 Å². The van der Waals surface area contributed by atoms with Gasteiger partial charge in [0.15, 0.2) is 0 Å². The summed E-state index contributed by atoms with van der Waals surface area (Å²) < 4.78 is 0. The Morgan fingerprint density at radius 1 is 1.53 bits per heavy atom. The number of carboxylic acid groups (broad SMARTS) is 1. The van der Waals surface area contributed by atoms with Gasteiger partial charge in [-0.3, -0.25) is 14.5 Å². The third-order valence-electron chi connectivity index (χ3n) is 2.58. The van der Waals surface area contributed by atoms with Gasteiger partial charge in [-0.15, -0.1) is 0 Å². The molecule has 0 spiro atoms. The molecule has 1 atom stereocenters. The highest BCUT2D eigenvalue weighted by Gasteiger charge is 2.28. The second-order valence-electron chi connectivity index (χ2n) is 3.82. The van der Waals surface area contributed by atoms with E-state index in [2.05, 4.69) is 5.32 Å². The first-order chi connectivity index (χ1) is 8.09. The van der Waals surface area contributed by atoms with Crippen molar-refractivity contribution in [3.8, 4) is 0 Å². The molecule has 0 aromatic heterocycles. The number of carbonyl (C=O) groups excluding carboxylic acids is 1. The normalized spacial score (nSPS) is 19.2. The van der Waals surface area contributed by atoms with Crippen LogP contribution in [0.4, 0.5) is 11.4 Å². The van der Waals surface area contributed by atoms with Crippen LogP contribution in [0.15, 0.2) is 24.3 Å². The van der Waals surface area contributed by atoms with Gasteiger partial charge in [0.2, 0.25) is 5.91 Å².